The van der Waals surface area contributed by atoms with E-state index in [2.05, 4.69) is 47.6 Å². The Hall–Kier alpha value is -4.06. The number of halogens is 1. The number of amides is 2. The van der Waals surface area contributed by atoms with Gasteiger partial charge in [0.05, 0.1) is 10.5 Å². The van der Waals surface area contributed by atoms with Crippen molar-refractivity contribution in [1.29, 1.82) is 0 Å². The van der Waals surface area contributed by atoms with Crippen molar-refractivity contribution >= 4 is 45.1 Å². The van der Waals surface area contributed by atoms with Crippen molar-refractivity contribution in [3.63, 3.8) is 0 Å². The Bertz CT molecular complexity index is 1140. The number of nitrogens with one attached hydrogen (secondary N) is 4. The quantitative estimate of drug-likeness (QED) is 0.294. The number of nitro groups is 1. The van der Waals surface area contributed by atoms with Crippen LogP contribution in [0, 0.1) is 17.0 Å². The minimum absolute atomic E-state index is 0.266. The first-order valence-electron chi connectivity index (χ1n) is 8.80. The molecule has 0 bridgehead atoms. The molecule has 0 atom stereocenters. The number of aryl methyl sites for hydroxylation is 1. The van der Waals surface area contributed by atoms with Gasteiger partial charge >= 0.3 is 5.69 Å². The third kappa shape index (κ3) is 5.30. The Balaban J connectivity index is 1.74. The molecule has 0 aliphatic carbocycles. The number of benzene rings is 2. The van der Waals surface area contributed by atoms with E-state index in [4.69, 9.17) is 0 Å². The van der Waals surface area contributed by atoms with Gasteiger partial charge in [0.2, 0.25) is 11.6 Å². The lowest BCUT2D eigenvalue weighted by molar-refractivity contribution is -0.383. The van der Waals surface area contributed by atoms with Gasteiger partial charge in [-0.25, -0.2) is 9.97 Å². The number of anilines is 2. The zero-order chi connectivity index (χ0) is 22.4. The molecule has 11 nitrogen and oxygen atoms in total. The molecule has 2 amide bonds. The number of nitrogens with zero attached hydrogens (tertiary/aromatic N) is 3. The topological polar surface area (TPSA) is 151 Å². The summed E-state index contributed by atoms with van der Waals surface area (Å²) in [7, 11) is 0. The summed E-state index contributed by atoms with van der Waals surface area (Å²) >= 11 is 3.26. The molecule has 0 saturated heterocycles. The van der Waals surface area contributed by atoms with Crippen LogP contribution in [0.4, 0.5) is 17.3 Å². The highest BCUT2D eigenvalue weighted by Crippen LogP contribution is 2.28. The van der Waals surface area contributed by atoms with E-state index < -0.39 is 22.4 Å². The molecule has 0 aliphatic heterocycles. The van der Waals surface area contributed by atoms with Gasteiger partial charge in [-0.3, -0.25) is 41.4 Å². The molecule has 0 radical (unpaired) electrons. The third-order valence-corrected chi connectivity index (χ3v) is 4.72. The zero-order valence-corrected chi connectivity index (χ0v) is 17.6. The summed E-state index contributed by atoms with van der Waals surface area (Å²) in [5.74, 6) is -1.59. The number of hydrazine groups is 2. The van der Waals surface area contributed by atoms with Crippen LogP contribution in [0.1, 0.15) is 26.3 Å². The second kappa shape index (κ2) is 9.63. The van der Waals surface area contributed by atoms with E-state index in [0.29, 0.717) is 15.6 Å². The van der Waals surface area contributed by atoms with Crippen LogP contribution in [-0.2, 0) is 0 Å². The predicted molar refractivity (Wildman–Crippen MR) is 116 cm³/mol. The number of carbonyl (C=O) groups excluding carboxylic acids is 2. The molecule has 0 saturated carbocycles. The Kier molecular flexibility index (Phi) is 6.72. The maximum atomic E-state index is 12.3. The summed E-state index contributed by atoms with van der Waals surface area (Å²) in [5, 5.41) is 11.6. The van der Waals surface area contributed by atoms with E-state index in [1.165, 1.54) is 0 Å². The second-order valence-corrected chi connectivity index (χ2v) is 7.04. The van der Waals surface area contributed by atoms with Crippen molar-refractivity contribution in [2.75, 3.05) is 10.9 Å². The van der Waals surface area contributed by atoms with E-state index in [-0.39, 0.29) is 11.6 Å². The summed E-state index contributed by atoms with van der Waals surface area (Å²) in [5.41, 5.74) is 10.6. The summed E-state index contributed by atoms with van der Waals surface area (Å²) in [4.78, 5) is 43.0. The molecule has 31 heavy (non-hydrogen) atoms. The number of hydrogen-bond acceptors (Lipinski definition) is 8. The van der Waals surface area contributed by atoms with Crippen LogP contribution in [0.15, 0.2) is 59.3 Å². The van der Waals surface area contributed by atoms with Crippen molar-refractivity contribution in [3.8, 4) is 0 Å². The molecule has 0 fully saturated rings. The Morgan fingerprint density at radius 3 is 2.10 bits per heavy atom. The van der Waals surface area contributed by atoms with Gasteiger partial charge in [0.1, 0.15) is 6.33 Å². The van der Waals surface area contributed by atoms with Gasteiger partial charge in [0.25, 0.3) is 11.8 Å². The SMILES string of the molecule is Cc1ccc(C(=O)NNc2ncnc(NNC(=O)c3ccccc3Br)c2[N+](=O)[O-])cc1. The highest BCUT2D eigenvalue weighted by Gasteiger charge is 2.24. The normalized spacial score (nSPS) is 10.1. The molecule has 12 heteroatoms. The van der Waals surface area contributed by atoms with Gasteiger partial charge < -0.3 is 0 Å². The highest BCUT2D eigenvalue weighted by atomic mass is 79.9. The van der Waals surface area contributed by atoms with Crippen LogP contribution in [0.2, 0.25) is 0 Å². The fourth-order valence-electron chi connectivity index (χ4n) is 2.46. The second-order valence-electron chi connectivity index (χ2n) is 6.18. The van der Waals surface area contributed by atoms with Gasteiger partial charge in [-0.05, 0) is 47.1 Å². The van der Waals surface area contributed by atoms with Crippen molar-refractivity contribution in [1.82, 2.24) is 20.8 Å². The molecule has 4 N–H and O–H groups in total. The summed E-state index contributed by atoms with van der Waals surface area (Å²) in [6.07, 6.45) is 1.04. The maximum Gasteiger partial charge on any atom is 0.356 e. The Morgan fingerprint density at radius 1 is 0.935 bits per heavy atom. The van der Waals surface area contributed by atoms with E-state index in [9.17, 15) is 19.7 Å². The third-order valence-electron chi connectivity index (χ3n) is 4.03. The van der Waals surface area contributed by atoms with Gasteiger partial charge in [-0.15, -0.1) is 0 Å². The van der Waals surface area contributed by atoms with Crippen LogP contribution in [0.25, 0.3) is 0 Å². The first-order valence-corrected chi connectivity index (χ1v) is 9.59. The molecule has 1 heterocycles. The van der Waals surface area contributed by atoms with Crippen molar-refractivity contribution in [2.45, 2.75) is 6.92 Å². The number of carbonyl (C=O) groups is 2. The molecule has 2 aromatic carbocycles. The average molecular weight is 486 g/mol. The number of rotatable bonds is 7. The molecule has 3 aromatic rings. The molecule has 0 aliphatic rings. The monoisotopic (exact) mass is 485 g/mol. The maximum absolute atomic E-state index is 12.3. The molecular formula is C19H16BrN7O4. The first kappa shape index (κ1) is 21.6. The van der Waals surface area contributed by atoms with E-state index >= 15 is 0 Å². The molecular weight excluding hydrogens is 470 g/mol. The molecule has 0 unspecified atom stereocenters. The van der Waals surface area contributed by atoms with E-state index in [0.717, 1.165) is 11.9 Å². The molecule has 0 spiro atoms. The number of aromatic nitrogens is 2. The Morgan fingerprint density at radius 2 is 1.52 bits per heavy atom. The fraction of sp³-hybridized carbons (Fsp3) is 0.0526. The largest absolute Gasteiger partial charge is 0.356 e. The van der Waals surface area contributed by atoms with Crippen molar-refractivity contribution in [2.24, 2.45) is 0 Å². The Labute approximate surface area is 184 Å². The lowest BCUT2D eigenvalue weighted by atomic mass is 10.1. The van der Waals surface area contributed by atoms with E-state index in [1.807, 2.05) is 6.92 Å². The summed E-state index contributed by atoms with van der Waals surface area (Å²) in [6.45, 7) is 1.88. The van der Waals surface area contributed by atoms with Crippen molar-refractivity contribution < 1.29 is 14.5 Å². The molecule has 158 valence electrons. The summed E-state index contributed by atoms with van der Waals surface area (Å²) in [6, 6.07) is 13.4. The first-order chi connectivity index (χ1) is 14.9. The zero-order valence-electron chi connectivity index (χ0n) is 16.0. The highest BCUT2D eigenvalue weighted by molar-refractivity contribution is 9.10. The van der Waals surface area contributed by atoms with Gasteiger partial charge in [0, 0.05) is 10.0 Å². The smallest absolute Gasteiger partial charge is 0.276 e. The molecule has 3 rings (SSSR count). The van der Waals surface area contributed by atoms with Crippen LogP contribution in [0.5, 0.6) is 0 Å². The van der Waals surface area contributed by atoms with Crippen LogP contribution in [0.3, 0.4) is 0 Å². The molecule has 1 aromatic heterocycles. The standard InChI is InChI=1S/C19H16BrN7O4/c1-11-6-8-12(9-7-11)18(28)25-23-16-15(27(30)31)17(22-10-21-16)24-26-19(29)13-4-2-3-5-14(13)20/h2-10H,1H3,(H,25,28)(H,26,29)(H2,21,22,23,24). The van der Waals surface area contributed by atoms with E-state index in [1.54, 1.807) is 48.5 Å². The summed E-state index contributed by atoms with van der Waals surface area (Å²) < 4.78 is 0.549. The average Bonchev–Trinajstić information content (AvgIpc) is 2.76. The number of hydrogen-bond donors (Lipinski definition) is 4. The lowest BCUT2D eigenvalue weighted by Crippen LogP contribution is -2.32. The van der Waals surface area contributed by atoms with Crippen LogP contribution in [-0.4, -0.2) is 26.7 Å². The minimum Gasteiger partial charge on any atom is -0.276 e. The minimum atomic E-state index is -0.743. The van der Waals surface area contributed by atoms with Crippen LogP contribution < -0.4 is 21.7 Å². The predicted octanol–water partition coefficient (Wildman–Crippen LogP) is 2.97. The van der Waals surface area contributed by atoms with Gasteiger partial charge in [-0.2, -0.15) is 0 Å². The van der Waals surface area contributed by atoms with Gasteiger partial charge in [-0.1, -0.05) is 29.8 Å². The lowest BCUT2D eigenvalue weighted by Gasteiger charge is -2.12. The van der Waals surface area contributed by atoms with Crippen molar-refractivity contribution in [3.05, 3.63) is 86.1 Å². The van der Waals surface area contributed by atoms with Gasteiger partial charge in [0.15, 0.2) is 0 Å². The fourth-order valence-corrected chi connectivity index (χ4v) is 2.92. The van der Waals surface area contributed by atoms with Crippen LogP contribution >= 0.6 is 15.9 Å².